The number of terminal acetylenes is 1. The van der Waals surface area contributed by atoms with E-state index in [1.165, 1.54) is 0 Å². The fraction of sp³-hybridized carbons (Fsp3) is 0.500. The largest absolute Gasteiger partial charge is 0.355 e. The third-order valence-corrected chi connectivity index (χ3v) is 2.02. The van der Waals surface area contributed by atoms with Gasteiger partial charge in [-0.25, -0.2) is 0 Å². The molecule has 0 fully saturated rings. The molecule has 1 aliphatic rings. The molecule has 0 aromatic heterocycles. The third kappa shape index (κ3) is 2.92. The van der Waals surface area contributed by atoms with E-state index in [9.17, 15) is 4.79 Å². The molecule has 1 rings (SSSR count). The maximum absolute atomic E-state index is 11.4. The Hall–Kier alpha value is -1.27. The number of rotatable bonds is 3. The van der Waals surface area contributed by atoms with Crippen molar-refractivity contribution in [2.45, 2.75) is 18.9 Å². The first-order chi connectivity index (χ1) is 6.24. The van der Waals surface area contributed by atoms with E-state index < -0.39 is 0 Å². The van der Waals surface area contributed by atoms with Crippen LogP contribution in [-0.4, -0.2) is 18.5 Å². The molecule has 0 aromatic rings. The maximum Gasteiger partial charge on any atom is 0.227 e. The van der Waals surface area contributed by atoms with Gasteiger partial charge < -0.3 is 11.1 Å². The lowest BCUT2D eigenvalue weighted by atomic mass is 10.1. The lowest BCUT2D eigenvalue weighted by molar-refractivity contribution is -0.123. The van der Waals surface area contributed by atoms with Crippen LogP contribution in [0.25, 0.3) is 0 Å². The van der Waals surface area contributed by atoms with Crippen LogP contribution in [0, 0.1) is 18.3 Å². The summed E-state index contributed by atoms with van der Waals surface area (Å²) >= 11 is 0. The molecule has 3 heteroatoms. The van der Waals surface area contributed by atoms with Crippen LogP contribution in [0.15, 0.2) is 12.2 Å². The highest BCUT2D eigenvalue weighted by Crippen LogP contribution is 2.15. The van der Waals surface area contributed by atoms with Crippen molar-refractivity contribution in [1.29, 1.82) is 0 Å². The van der Waals surface area contributed by atoms with Gasteiger partial charge in [0.15, 0.2) is 0 Å². The number of carbonyl (C=O) groups excluding carboxylic acids is 1. The SMILES string of the molecule is C#CCCNC(=O)C1C=CC(N)C1. The molecule has 0 bridgehead atoms. The van der Waals surface area contributed by atoms with E-state index in [2.05, 4.69) is 11.2 Å². The quantitative estimate of drug-likeness (QED) is 0.364. The zero-order valence-electron chi connectivity index (χ0n) is 7.49. The summed E-state index contributed by atoms with van der Waals surface area (Å²) in [4.78, 5) is 11.4. The summed E-state index contributed by atoms with van der Waals surface area (Å²) in [6.07, 6.45) is 10.1. The highest BCUT2D eigenvalue weighted by molar-refractivity contribution is 5.81. The number of hydrogen-bond acceptors (Lipinski definition) is 2. The number of amides is 1. The van der Waals surface area contributed by atoms with E-state index >= 15 is 0 Å². The molecular formula is C10H14N2O. The summed E-state index contributed by atoms with van der Waals surface area (Å²) in [6.45, 7) is 0.551. The lowest BCUT2D eigenvalue weighted by Gasteiger charge is -2.08. The minimum atomic E-state index is -0.0622. The maximum atomic E-state index is 11.4. The number of hydrogen-bond donors (Lipinski definition) is 2. The number of nitrogens with two attached hydrogens (primary N) is 1. The fourth-order valence-electron chi connectivity index (χ4n) is 1.31. The number of nitrogens with one attached hydrogen (secondary N) is 1. The van der Waals surface area contributed by atoms with Gasteiger partial charge in [-0.15, -0.1) is 12.3 Å². The average molecular weight is 178 g/mol. The normalized spacial score (nSPS) is 25.5. The van der Waals surface area contributed by atoms with Gasteiger partial charge in [0.05, 0.1) is 5.92 Å². The van der Waals surface area contributed by atoms with Crippen molar-refractivity contribution in [3.63, 3.8) is 0 Å². The molecule has 0 radical (unpaired) electrons. The van der Waals surface area contributed by atoms with Crippen molar-refractivity contribution in [2.24, 2.45) is 11.7 Å². The van der Waals surface area contributed by atoms with Crippen molar-refractivity contribution in [3.05, 3.63) is 12.2 Å². The zero-order chi connectivity index (χ0) is 9.68. The molecule has 0 aromatic carbocycles. The molecule has 70 valence electrons. The van der Waals surface area contributed by atoms with Crippen molar-refractivity contribution in [2.75, 3.05) is 6.54 Å². The Morgan fingerprint density at radius 1 is 1.69 bits per heavy atom. The molecule has 1 amide bonds. The minimum absolute atomic E-state index is 0.0273. The lowest BCUT2D eigenvalue weighted by Crippen LogP contribution is -2.31. The van der Waals surface area contributed by atoms with Crippen molar-refractivity contribution < 1.29 is 4.79 Å². The Kier molecular flexibility index (Phi) is 3.53. The van der Waals surface area contributed by atoms with Crippen LogP contribution in [0.1, 0.15) is 12.8 Å². The van der Waals surface area contributed by atoms with Crippen LogP contribution in [0.2, 0.25) is 0 Å². The summed E-state index contributed by atoms with van der Waals surface area (Å²) in [5.41, 5.74) is 5.62. The second-order valence-electron chi connectivity index (χ2n) is 3.14. The molecule has 3 N–H and O–H groups in total. The Balaban J connectivity index is 2.25. The Labute approximate surface area is 78.4 Å². The van der Waals surface area contributed by atoms with Gasteiger partial charge in [0.1, 0.15) is 0 Å². The van der Waals surface area contributed by atoms with Gasteiger partial charge in [-0.1, -0.05) is 12.2 Å². The van der Waals surface area contributed by atoms with Gasteiger partial charge >= 0.3 is 0 Å². The second kappa shape index (κ2) is 4.68. The molecule has 13 heavy (non-hydrogen) atoms. The summed E-state index contributed by atoms with van der Waals surface area (Å²) < 4.78 is 0. The Morgan fingerprint density at radius 2 is 2.46 bits per heavy atom. The molecule has 0 aliphatic heterocycles. The summed E-state index contributed by atoms with van der Waals surface area (Å²) in [5, 5.41) is 2.76. The highest BCUT2D eigenvalue weighted by Gasteiger charge is 2.21. The van der Waals surface area contributed by atoms with Gasteiger partial charge in [-0.2, -0.15) is 0 Å². The van der Waals surface area contributed by atoms with E-state index in [-0.39, 0.29) is 17.9 Å². The van der Waals surface area contributed by atoms with Gasteiger partial charge in [-0.05, 0) is 6.42 Å². The highest BCUT2D eigenvalue weighted by atomic mass is 16.1. The van der Waals surface area contributed by atoms with Crippen molar-refractivity contribution in [1.82, 2.24) is 5.32 Å². The van der Waals surface area contributed by atoms with E-state index in [4.69, 9.17) is 12.2 Å². The standard InChI is InChI=1S/C10H14N2O/c1-2-3-6-12-10(13)8-4-5-9(11)7-8/h1,4-5,8-9H,3,6-7,11H2,(H,12,13). The van der Waals surface area contributed by atoms with E-state index in [1.54, 1.807) is 0 Å². The third-order valence-electron chi connectivity index (χ3n) is 2.02. The van der Waals surface area contributed by atoms with Crippen LogP contribution >= 0.6 is 0 Å². The van der Waals surface area contributed by atoms with Gasteiger partial charge in [0.25, 0.3) is 0 Å². The van der Waals surface area contributed by atoms with Crippen LogP contribution in [0.4, 0.5) is 0 Å². The van der Waals surface area contributed by atoms with Gasteiger partial charge in [-0.3, -0.25) is 4.79 Å². The molecule has 0 saturated heterocycles. The Morgan fingerprint density at radius 3 is 3.00 bits per heavy atom. The van der Waals surface area contributed by atoms with Crippen LogP contribution < -0.4 is 11.1 Å². The predicted molar refractivity (Wildman–Crippen MR) is 51.7 cm³/mol. The topological polar surface area (TPSA) is 55.1 Å². The number of carbonyl (C=O) groups is 1. The van der Waals surface area contributed by atoms with E-state index in [0.717, 1.165) is 0 Å². The summed E-state index contributed by atoms with van der Waals surface area (Å²) in [5.74, 6) is 2.43. The second-order valence-corrected chi connectivity index (χ2v) is 3.14. The molecule has 0 heterocycles. The van der Waals surface area contributed by atoms with Crippen molar-refractivity contribution >= 4 is 5.91 Å². The first-order valence-electron chi connectivity index (χ1n) is 4.39. The van der Waals surface area contributed by atoms with E-state index in [1.807, 2.05) is 12.2 Å². The van der Waals surface area contributed by atoms with Crippen LogP contribution in [0.3, 0.4) is 0 Å². The van der Waals surface area contributed by atoms with E-state index in [0.29, 0.717) is 19.4 Å². The summed E-state index contributed by atoms with van der Waals surface area (Å²) in [6, 6.07) is 0.0309. The average Bonchev–Trinajstić information content (AvgIpc) is 2.52. The van der Waals surface area contributed by atoms with Crippen molar-refractivity contribution in [3.8, 4) is 12.3 Å². The molecule has 0 spiro atoms. The van der Waals surface area contributed by atoms with Gasteiger partial charge in [0.2, 0.25) is 5.91 Å². The molecule has 1 aliphatic carbocycles. The predicted octanol–water partition coefficient (Wildman–Crippen LogP) is 0.0293. The van der Waals surface area contributed by atoms with Gasteiger partial charge in [0, 0.05) is 19.0 Å². The Bertz CT molecular complexity index is 252. The first kappa shape index (κ1) is 9.82. The smallest absolute Gasteiger partial charge is 0.227 e. The first-order valence-corrected chi connectivity index (χ1v) is 4.39. The molecule has 2 unspecified atom stereocenters. The molecule has 0 saturated carbocycles. The molecule has 3 nitrogen and oxygen atoms in total. The van der Waals surface area contributed by atoms with Crippen LogP contribution in [0.5, 0.6) is 0 Å². The zero-order valence-corrected chi connectivity index (χ0v) is 7.49. The molecule has 2 atom stereocenters. The summed E-state index contributed by atoms with van der Waals surface area (Å²) in [7, 11) is 0. The van der Waals surface area contributed by atoms with Crippen LogP contribution in [-0.2, 0) is 4.79 Å². The fourth-order valence-corrected chi connectivity index (χ4v) is 1.31. The monoisotopic (exact) mass is 178 g/mol. The molecular weight excluding hydrogens is 164 g/mol. The minimum Gasteiger partial charge on any atom is -0.355 e.